The highest BCUT2D eigenvalue weighted by Crippen LogP contribution is 2.45. The van der Waals surface area contributed by atoms with Gasteiger partial charge in [-0.15, -0.1) is 0 Å². The number of benzene rings is 2. The SMILES string of the molecule is COc1ccc(CCOC(=O)c2ccc(OC(C)(C)CC(C)(C)OC)cc2)cc1/C=N/N=C1C2C=CC=CC2C2C=CC=CC12. The molecule has 0 N–H and O–H groups in total. The van der Waals surface area contributed by atoms with Gasteiger partial charge in [-0.05, 0) is 81.5 Å². The summed E-state index contributed by atoms with van der Waals surface area (Å²) in [6.07, 6.45) is 20.5. The minimum atomic E-state index is -0.437. The van der Waals surface area contributed by atoms with Crippen molar-refractivity contribution in [3.63, 3.8) is 0 Å². The van der Waals surface area contributed by atoms with Crippen molar-refractivity contribution in [2.75, 3.05) is 20.8 Å². The summed E-state index contributed by atoms with van der Waals surface area (Å²) >= 11 is 0. The Kier molecular flexibility index (Phi) is 9.88. The van der Waals surface area contributed by atoms with Crippen LogP contribution in [0.5, 0.6) is 11.5 Å². The number of allylic oxidation sites excluding steroid dienone is 8. The Morgan fingerprint density at radius 1 is 0.844 bits per heavy atom. The first-order valence-electron chi connectivity index (χ1n) is 15.6. The number of ether oxygens (including phenoxy) is 4. The van der Waals surface area contributed by atoms with Gasteiger partial charge in [-0.25, -0.2) is 4.79 Å². The van der Waals surface area contributed by atoms with Crippen molar-refractivity contribution in [2.45, 2.75) is 51.7 Å². The largest absolute Gasteiger partial charge is 0.496 e. The summed E-state index contributed by atoms with van der Waals surface area (Å²) in [7, 11) is 3.34. The molecule has 0 spiro atoms. The van der Waals surface area contributed by atoms with E-state index in [9.17, 15) is 4.79 Å². The van der Waals surface area contributed by atoms with Crippen LogP contribution in [0.4, 0.5) is 0 Å². The van der Waals surface area contributed by atoms with Crippen LogP contribution >= 0.6 is 0 Å². The molecule has 2 aromatic carbocycles. The number of hydrogen-bond acceptors (Lipinski definition) is 7. The number of rotatable bonds is 12. The first-order valence-corrected chi connectivity index (χ1v) is 15.6. The molecule has 1 saturated carbocycles. The van der Waals surface area contributed by atoms with E-state index in [4.69, 9.17) is 24.0 Å². The van der Waals surface area contributed by atoms with Gasteiger partial charge in [-0.1, -0.05) is 54.7 Å². The number of fused-ring (bicyclic) bond motifs is 3. The summed E-state index contributed by atoms with van der Waals surface area (Å²) in [6.45, 7) is 8.36. The van der Waals surface area contributed by atoms with E-state index in [1.807, 2.05) is 45.9 Å². The molecular formula is C38H44N2O5. The van der Waals surface area contributed by atoms with E-state index >= 15 is 0 Å². The van der Waals surface area contributed by atoms with Crippen molar-refractivity contribution in [1.29, 1.82) is 0 Å². The van der Waals surface area contributed by atoms with Gasteiger partial charge >= 0.3 is 5.97 Å². The predicted octanol–water partition coefficient (Wildman–Crippen LogP) is 7.57. The maximum atomic E-state index is 12.7. The smallest absolute Gasteiger partial charge is 0.338 e. The third kappa shape index (κ3) is 7.90. The van der Waals surface area contributed by atoms with Crippen molar-refractivity contribution in [3.05, 3.63) is 108 Å². The molecule has 0 bridgehead atoms. The van der Waals surface area contributed by atoms with Crippen LogP contribution in [0, 0.1) is 23.7 Å². The van der Waals surface area contributed by atoms with E-state index in [-0.39, 0.29) is 30.0 Å². The Bertz CT molecular complexity index is 1510. The minimum absolute atomic E-state index is 0.243. The Balaban J connectivity index is 1.18. The molecule has 0 aromatic heterocycles. The molecule has 5 rings (SSSR count). The van der Waals surface area contributed by atoms with Crippen molar-refractivity contribution in [3.8, 4) is 11.5 Å². The second kappa shape index (κ2) is 13.8. The van der Waals surface area contributed by atoms with Gasteiger partial charge < -0.3 is 18.9 Å². The van der Waals surface area contributed by atoms with E-state index in [2.05, 4.69) is 53.7 Å². The van der Waals surface area contributed by atoms with Gasteiger partial charge in [-0.2, -0.15) is 10.2 Å². The Morgan fingerprint density at radius 2 is 1.49 bits per heavy atom. The molecule has 4 unspecified atom stereocenters. The standard InChI is InChI=1S/C38H44N2O5/c1-37(2,43-6)25-38(3,4)45-29-18-16-27(17-19-29)36(41)44-22-21-26-15-20-34(42-5)28(23-26)24-39-40-35-32-13-9-7-11-30(32)31-12-8-10-14-33(31)35/h7-20,23-24,30-33H,21-22,25H2,1-6H3/b39-24+,40-35?. The number of hydrogen-bond donors (Lipinski definition) is 0. The Morgan fingerprint density at radius 3 is 2.11 bits per heavy atom. The van der Waals surface area contributed by atoms with E-state index in [1.54, 1.807) is 44.7 Å². The highest BCUT2D eigenvalue weighted by molar-refractivity contribution is 5.96. The number of esters is 1. The molecule has 0 aliphatic heterocycles. The number of carbonyl (C=O) groups excluding carboxylic acids is 1. The molecule has 4 atom stereocenters. The molecular weight excluding hydrogens is 564 g/mol. The van der Waals surface area contributed by atoms with Gasteiger partial charge in [0, 0.05) is 37.4 Å². The van der Waals surface area contributed by atoms with Gasteiger partial charge in [0.15, 0.2) is 0 Å². The fourth-order valence-corrected chi connectivity index (χ4v) is 6.59. The molecule has 0 heterocycles. The zero-order valence-corrected chi connectivity index (χ0v) is 27.1. The van der Waals surface area contributed by atoms with Crippen molar-refractivity contribution in [1.82, 2.24) is 0 Å². The second-order valence-electron chi connectivity index (χ2n) is 13.0. The van der Waals surface area contributed by atoms with Crippen LogP contribution in [-0.4, -0.2) is 49.9 Å². The fourth-order valence-electron chi connectivity index (χ4n) is 6.59. The normalized spacial score (nSPS) is 22.0. The monoisotopic (exact) mass is 608 g/mol. The highest BCUT2D eigenvalue weighted by Gasteiger charge is 2.44. The average molecular weight is 609 g/mol. The lowest BCUT2D eigenvalue weighted by Gasteiger charge is -2.34. The zero-order chi connectivity index (χ0) is 32.0. The summed E-state index contributed by atoms with van der Waals surface area (Å²) in [5, 5.41) is 9.25. The zero-order valence-electron chi connectivity index (χ0n) is 27.1. The van der Waals surface area contributed by atoms with Crippen LogP contribution in [0.2, 0.25) is 0 Å². The molecule has 1 fully saturated rings. The molecule has 0 radical (unpaired) electrons. The van der Waals surface area contributed by atoms with Crippen LogP contribution in [0.15, 0.2) is 101 Å². The highest BCUT2D eigenvalue weighted by atomic mass is 16.5. The van der Waals surface area contributed by atoms with Gasteiger partial charge in [0.1, 0.15) is 17.1 Å². The number of methoxy groups -OCH3 is 2. The van der Waals surface area contributed by atoms with Crippen LogP contribution in [0.25, 0.3) is 0 Å². The fraction of sp³-hybridized carbons (Fsp3) is 0.395. The molecule has 7 heteroatoms. The predicted molar refractivity (Wildman–Crippen MR) is 179 cm³/mol. The first-order chi connectivity index (χ1) is 21.6. The van der Waals surface area contributed by atoms with Gasteiger partial charge in [0.05, 0.1) is 36.8 Å². The lowest BCUT2D eigenvalue weighted by molar-refractivity contribution is -0.0402. The minimum Gasteiger partial charge on any atom is -0.496 e. The summed E-state index contributed by atoms with van der Waals surface area (Å²) in [5.74, 6) is 2.34. The molecule has 0 amide bonds. The summed E-state index contributed by atoms with van der Waals surface area (Å²) in [6, 6.07) is 12.9. The van der Waals surface area contributed by atoms with Crippen LogP contribution in [0.3, 0.4) is 0 Å². The second-order valence-corrected chi connectivity index (χ2v) is 13.0. The lowest BCUT2D eigenvalue weighted by atomic mass is 9.83. The molecule has 3 aliphatic rings. The van der Waals surface area contributed by atoms with Crippen LogP contribution in [-0.2, 0) is 15.9 Å². The van der Waals surface area contributed by atoms with Crippen LogP contribution in [0.1, 0.15) is 55.6 Å². The summed E-state index contributed by atoms with van der Waals surface area (Å²) < 4.78 is 22.9. The first kappa shape index (κ1) is 32.2. The van der Waals surface area contributed by atoms with Gasteiger partial charge in [-0.3, -0.25) is 0 Å². The maximum Gasteiger partial charge on any atom is 0.338 e. The summed E-state index contributed by atoms with van der Waals surface area (Å²) in [5.41, 5.74) is 2.64. The third-order valence-corrected chi connectivity index (χ3v) is 8.66. The number of carbonyl (C=O) groups is 1. The molecule has 236 valence electrons. The van der Waals surface area contributed by atoms with Crippen molar-refractivity contribution < 1.29 is 23.7 Å². The molecule has 7 nitrogen and oxygen atoms in total. The van der Waals surface area contributed by atoms with Gasteiger partial charge in [0.2, 0.25) is 0 Å². The molecule has 45 heavy (non-hydrogen) atoms. The Labute approximate surface area is 267 Å². The Hall–Kier alpha value is -4.23. The van der Waals surface area contributed by atoms with E-state index in [0.29, 0.717) is 41.7 Å². The lowest BCUT2D eigenvalue weighted by Crippen LogP contribution is -2.38. The van der Waals surface area contributed by atoms with Crippen molar-refractivity contribution >= 4 is 17.9 Å². The maximum absolute atomic E-state index is 12.7. The molecule has 2 aromatic rings. The van der Waals surface area contributed by atoms with E-state index in [1.165, 1.54) is 0 Å². The van der Waals surface area contributed by atoms with E-state index < -0.39 is 5.60 Å². The van der Waals surface area contributed by atoms with E-state index in [0.717, 1.165) is 16.8 Å². The average Bonchev–Trinajstić information content (AvgIpc) is 3.34. The quantitative estimate of drug-likeness (QED) is 0.141. The topological polar surface area (TPSA) is 78.7 Å². The summed E-state index contributed by atoms with van der Waals surface area (Å²) in [4.78, 5) is 12.7. The number of nitrogens with zero attached hydrogens (tertiary/aromatic N) is 2. The van der Waals surface area contributed by atoms with Gasteiger partial charge in [0.25, 0.3) is 0 Å². The third-order valence-electron chi connectivity index (χ3n) is 8.66. The van der Waals surface area contributed by atoms with Crippen LogP contribution < -0.4 is 9.47 Å². The molecule has 0 saturated heterocycles. The van der Waals surface area contributed by atoms with Crippen molar-refractivity contribution in [2.24, 2.45) is 33.9 Å². The molecule has 3 aliphatic carbocycles.